The SMILES string of the molecule is CCOC(=O)C1=C(C)N=C2SC=C(CC(=O)NCCN3CCOCC3)N2[C@H]1c1cccs1. The third-order valence-electron chi connectivity index (χ3n) is 5.50. The molecule has 8 nitrogen and oxygen atoms in total. The monoisotopic (exact) mass is 476 g/mol. The fourth-order valence-electron chi connectivity index (χ4n) is 3.96. The molecule has 1 aromatic heterocycles. The molecule has 1 aromatic rings. The molecule has 1 N–H and O–H groups in total. The summed E-state index contributed by atoms with van der Waals surface area (Å²) in [4.78, 5) is 35.5. The van der Waals surface area contributed by atoms with Gasteiger partial charge in [0.15, 0.2) is 5.17 Å². The first-order valence-electron chi connectivity index (χ1n) is 10.8. The van der Waals surface area contributed by atoms with Crippen molar-refractivity contribution in [3.05, 3.63) is 44.8 Å². The Kier molecular flexibility index (Phi) is 7.67. The van der Waals surface area contributed by atoms with E-state index in [-0.39, 0.29) is 24.3 Å². The number of hydrogen-bond acceptors (Lipinski definition) is 9. The van der Waals surface area contributed by atoms with Crippen LogP contribution in [-0.4, -0.2) is 72.8 Å². The fraction of sp³-hybridized carbons (Fsp3) is 0.500. The van der Waals surface area contributed by atoms with E-state index in [9.17, 15) is 9.59 Å². The van der Waals surface area contributed by atoms with E-state index in [2.05, 4.69) is 15.2 Å². The Balaban J connectivity index is 1.46. The largest absolute Gasteiger partial charge is 0.463 e. The molecule has 0 radical (unpaired) electrons. The van der Waals surface area contributed by atoms with Gasteiger partial charge in [0.25, 0.3) is 0 Å². The van der Waals surface area contributed by atoms with Gasteiger partial charge in [0.1, 0.15) is 6.04 Å². The van der Waals surface area contributed by atoms with Gasteiger partial charge in [0, 0.05) is 36.8 Å². The van der Waals surface area contributed by atoms with Crippen molar-refractivity contribution >= 4 is 40.1 Å². The van der Waals surface area contributed by atoms with E-state index in [1.54, 1.807) is 18.3 Å². The van der Waals surface area contributed by atoms with Gasteiger partial charge in [0.2, 0.25) is 5.91 Å². The minimum absolute atomic E-state index is 0.0414. The molecule has 3 aliphatic heterocycles. The number of carbonyl (C=O) groups excluding carboxylic acids is 2. The molecule has 3 aliphatic rings. The molecule has 0 aliphatic carbocycles. The van der Waals surface area contributed by atoms with E-state index in [0.29, 0.717) is 24.4 Å². The number of nitrogens with zero attached hydrogens (tertiary/aromatic N) is 3. The van der Waals surface area contributed by atoms with Crippen LogP contribution in [-0.2, 0) is 19.1 Å². The zero-order valence-electron chi connectivity index (χ0n) is 18.3. The zero-order valence-corrected chi connectivity index (χ0v) is 20.0. The molecule has 4 heterocycles. The van der Waals surface area contributed by atoms with Gasteiger partial charge < -0.3 is 19.7 Å². The Bertz CT molecular complexity index is 936. The average Bonchev–Trinajstić information content (AvgIpc) is 3.44. The molecule has 32 heavy (non-hydrogen) atoms. The lowest BCUT2D eigenvalue weighted by Gasteiger charge is -2.35. The number of allylic oxidation sites excluding steroid dienone is 1. The highest BCUT2D eigenvalue weighted by molar-refractivity contribution is 8.16. The molecule has 0 aromatic carbocycles. The second-order valence-corrected chi connectivity index (χ2v) is 9.43. The van der Waals surface area contributed by atoms with Crippen LogP contribution in [0.2, 0.25) is 0 Å². The van der Waals surface area contributed by atoms with Crippen molar-refractivity contribution in [1.29, 1.82) is 0 Å². The van der Waals surface area contributed by atoms with Crippen molar-refractivity contribution in [3.63, 3.8) is 0 Å². The van der Waals surface area contributed by atoms with E-state index in [4.69, 9.17) is 9.47 Å². The molecule has 0 bridgehead atoms. The summed E-state index contributed by atoms with van der Waals surface area (Å²) in [5, 5.41) is 7.76. The third kappa shape index (κ3) is 5.09. The fourth-order valence-corrected chi connectivity index (χ4v) is 5.75. The first kappa shape index (κ1) is 23.0. The van der Waals surface area contributed by atoms with Crippen LogP contribution < -0.4 is 5.32 Å². The van der Waals surface area contributed by atoms with Gasteiger partial charge in [-0.3, -0.25) is 9.69 Å². The van der Waals surface area contributed by atoms with Crippen LogP contribution in [0.5, 0.6) is 0 Å². The van der Waals surface area contributed by atoms with Crippen LogP contribution >= 0.6 is 23.1 Å². The first-order valence-corrected chi connectivity index (χ1v) is 12.6. The Hall–Kier alpha value is -2.14. The number of amidine groups is 1. The summed E-state index contributed by atoms with van der Waals surface area (Å²) in [7, 11) is 0. The molecule has 172 valence electrons. The van der Waals surface area contributed by atoms with E-state index in [0.717, 1.165) is 48.6 Å². The van der Waals surface area contributed by atoms with Gasteiger partial charge in [-0.05, 0) is 30.7 Å². The maximum atomic E-state index is 12.8. The summed E-state index contributed by atoms with van der Waals surface area (Å²) >= 11 is 3.06. The van der Waals surface area contributed by atoms with Gasteiger partial charge in [-0.1, -0.05) is 17.8 Å². The quantitative estimate of drug-likeness (QED) is 0.578. The molecule has 0 spiro atoms. The van der Waals surface area contributed by atoms with Gasteiger partial charge >= 0.3 is 5.97 Å². The van der Waals surface area contributed by atoms with E-state index >= 15 is 0 Å². The lowest BCUT2D eigenvalue weighted by Crippen LogP contribution is -2.42. The van der Waals surface area contributed by atoms with Gasteiger partial charge in [-0.2, -0.15) is 0 Å². The van der Waals surface area contributed by atoms with Crippen molar-refractivity contribution in [2.24, 2.45) is 4.99 Å². The molecule has 4 rings (SSSR count). The minimum Gasteiger partial charge on any atom is -0.463 e. The number of thioether (sulfide) groups is 1. The van der Waals surface area contributed by atoms with E-state index < -0.39 is 0 Å². The molecule has 10 heteroatoms. The molecule has 1 fully saturated rings. The Morgan fingerprint density at radius 3 is 2.88 bits per heavy atom. The van der Waals surface area contributed by atoms with Crippen molar-refractivity contribution in [3.8, 4) is 0 Å². The van der Waals surface area contributed by atoms with Crippen molar-refractivity contribution in [2.75, 3.05) is 46.0 Å². The van der Waals surface area contributed by atoms with Crippen molar-refractivity contribution < 1.29 is 19.1 Å². The smallest absolute Gasteiger partial charge is 0.338 e. The standard InChI is InChI=1S/C22H28N4O4S2/c1-3-30-21(28)19-15(2)24-22-26(20(19)17-5-4-12-31-17)16(14-32-22)13-18(27)23-6-7-25-8-10-29-11-9-25/h4-5,12,14,20H,3,6-11,13H2,1-2H3,(H,23,27)/t20-/m0/s1. The number of rotatable bonds is 8. The molecule has 1 atom stereocenters. The number of amides is 1. The number of aliphatic imine (C=N–C) groups is 1. The minimum atomic E-state index is -0.364. The van der Waals surface area contributed by atoms with Gasteiger partial charge in [-0.15, -0.1) is 11.3 Å². The summed E-state index contributed by atoms with van der Waals surface area (Å²) in [5.74, 6) is -0.405. The number of hydrogen-bond donors (Lipinski definition) is 1. The van der Waals surface area contributed by atoms with Crippen LogP contribution in [0, 0.1) is 0 Å². The molecule has 0 saturated carbocycles. The molecule has 1 saturated heterocycles. The summed E-state index contributed by atoms with van der Waals surface area (Å²) in [6.07, 6.45) is 0.228. The predicted molar refractivity (Wildman–Crippen MR) is 126 cm³/mol. The average molecular weight is 477 g/mol. The highest BCUT2D eigenvalue weighted by Crippen LogP contribution is 2.45. The number of fused-ring (bicyclic) bond motifs is 1. The highest BCUT2D eigenvalue weighted by atomic mass is 32.2. The summed E-state index contributed by atoms with van der Waals surface area (Å²) in [6, 6.07) is 3.63. The number of carbonyl (C=O) groups is 2. The molecule has 0 unspecified atom stereocenters. The molecular weight excluding hydrogens is 448 g/mol. The Labute approximate surface area is 196 Å². The number of morpholine rings is 1. The molecular formula is C22H28N4O4S2. The topological polar surface area (TPSA) is 83.5 Å². The number of ether oxygens (including phenoxy) is 2. The van der Waals surface area contributed by atoms with Crippen LogP contribution in [0.1, 0.15) is 31.2 Å². The lowest BCUT2D eigenvalue weighted by molar-refractivity contribution is -0.139. The molecule has 1 amide bonds. The van der Waals surface area contributed by atoms with Crippen LogP contribution in [0.3, 0.4) is 0 Å². The maximum absolute atomic E-state index is 12.8. The van der Waals surface area contributed by atoms with Crippen LogP contribution in [0.25, 0.3) is 0 Å². The predicted octanol–water partition coefficient (Wildman–Crippen LogP) is 2.72. The summed E-state index contributed by atoms with van der Waals surface area (Å²) in [6.45, 7) is 8.63. The second-order valence-electron chi connectivity index (χ2n) is 7.61. The third-order valence-corrected chi connectivity index (χ3v) is 7.32. The Morgan fingerprint density at radius 2 is 2.16 bits per heavy atom. The van der Waals surface area contributed by atoms with Gasteiger partial charge in [0.05, 0.1) is 37.5 Å². The maximum Gasteiger partial charge on any atom is 0.338 e. The van der Waals surface area contributed by atoms with Gasteiger partial charge in [-0.25, -0.2) is 9.79 Å². The van der Waals surface area contributed by atoms with E-state index in [1.807, 2.05) is 34.7 Å². The number of thiophene rings is 1. The van der Waals surface area contributed by atoms with Crippen molar-refractivity contribution in [1.82, 2.24) is 15.1 Å². The van der Waals surface area contributed by atoms with E-state index in [1.165, 1.54) is 11.8 Å². The van der Waals surface area contributed by atoms with Crippen LogP contribution in [0.15, 0.2) is 44.9 Å². The lowest BCUT2D eigenvalue weighted by atomic mass is 9.99. The second kappa shape index (κ2) is 10.7. The number of nitrogens with one attached hydrogen (secondary N) is 1. The summed E-state index contributed by atoms with van der Waals surface area (Å²) in [5.41, 5.74) is 2.02. The highest BCUT2D eigenvalue weighted by Gasteiger charge is 2.41. The van der Waals surface area contributed by atoms with Crippen LogP contribution in [0.4, 0.5) is 0 Å². The Morgan fingerprint density at radius 1 is 1.34 bits per heavy atom. The van der Waals surface area contributed by atoms with Crippen molar-refractivity contribution in [2.45, 2.75) is 26.3 Å². The normalized spacial score (nSPS) is 21.2. The first-order chi connectivity index (χ1) is 15.6. The zero-order chi connectivity index (χ0) is 22.5. The number of esters is 1. The summed E-state index contributed by atoms with van der Waals surface area (Å²) < 4.78 is 10.7.